The van der Waals surface area contributed by atoms with Gasteiger partial charge in [-0.05, 0) is 44.0 Å². The van der Waals surface area contributed by atoms with E-state index in [9.17, 15) is 0 Å². The largest absolute Gasteiger partial charge is 0.375 e. The molecule has 0 heterocycles. The van der Waals surface area contributed by atoms with E-state index >= 15 is 0 Å². The van der Waals surface area contributed by atoms with E-state index in [0.29, 0.717) is 6.04 Å². The van der Waals surface area contributed by atoms with Gasteiger partial charge in [0.1, 0.15) is 0 Å². The molecule has 0 aliphatic heterocycles. The molecule has 18 heavy (non-hydrogen) atoms. The van der Waals surface area contributed by atoms with Crippen LogP contribution in [0.1, 0.15) is 38.8 Å². The molecule has 0 aromatic heterocycles. The second-order valence-corrected chi connectivity index (χ2v) is 6.17. The maximum absolute atomic E-state index is 3.67. The summed E-state index contributed by atoms with van der Waals surface area (Å²) in [6, 6.07) is 6.99. The molecule has 0 fully saturated rings. The summed E-state index contributed by atoms with van der Waals surface area (Å²) in [6.07, 6.45) is 1.22. The zero-order chi connectivity index (χ0) is 13.7. The Morgan fingerprint density at radius 1 is 1.28 bits per heavy atom. The summed E-state index contributed by atoms with van der Waals surface area (Å²) in [5, 5.41) is 3.27. The van der Waals surface area contributed by atoms with Gasteiger partial charge in [0.2, 0.25) is 0 Å². The van der Waals surface area contributed by atoms with E-state index in [0.717, 1.165) is 12.5 Å². The van der Waals surface area contributed by atoms with Crippen molar-refractivity contribution < 1.29 is 0 Å². The van der Waals surface area contributed by atoms with Gasteiger partial charge in [0.05, 0.1) is 0 Å². The molecule has 1 atom stereocenters. The van der Waals surface area contributed by atoms with Crippen LogP contribution >= 0.6 is 15.9 Å². The minimum atomic E-state index is 0.370. The van der Waals surface area contributed by atoms with Gasteiger partial charge in [0.25, 0.3) is 0 Å². The van der Waals surface area contributed by atoms with Gasteiger partial charge in [0, 0.05) is 29.8 Å². The summed E-state index contributed by atoms with van der Waals surface area (Å²) in [4.78, 5) is 2.32. The van der Waals surface area contributed by atoms with Gasteiger partial charge in [-0.3, -0.25) is 0 Å². The van der Waals surface area contributed by atoms with Gasteiger partial charge in [-0.2, -0.15) is 0 Å². The first-order chi connectivity index (χ1) is 8.45. The van der Waals surface area contributed by atoms with Crippen molar-refractivity contribution in [2.45, 2.75) is 33.2 Å². The number of hydrogen-bond acceptors (Lipinski definition) is 2. The monoisotopic (exact) mass is 312 g/mol. The molecular weight excluding hydrogens is 288 g/mol. The molecule has 0 aliphatic carbocycles. The van der Waals surface area contributed by atoms with Crippen LogP contribution < -0.4 is 10.2 Å². The van der Waals surface area contributed by atoms with Crippen LogP contribution in [0.4, 0.5) is 5.69 Å². The second kappa shape index (κ2) is 7.15. The Kier molecular flexibility index (Phi) is 6.16. The average Bonchev–Trinajstić information content (AvgIpc) is 2.34. The Morgan fingerprint density at radius 2 is 1.94 bits per heavy atom. The van der Waals surface area contributed by atoms with E-state index in [1.165, 1.54) is 22.1 Å². The van der Waals surface area contributed by atoms with Gasteiger partial charge in [0.15, 0.2) is 0 Å². The molecule has 1 rings (SSSR count). The number of halogens is 1. The highest BCUT2D eigenvalue weighted by atomic mass is 79.9. The first-order valence-electron chi connectivity index (χ1n) is 6.63. The van der Waals surface area contributed by atoms with E-state index in [1.807, 2.05) is 7.05 Å². The van der Waals surface area contributed by atoms with Crippen LogP contribution in [0, 0.1) is 5.92 Å². The van der Waals surface area contributed by atoms with E-state index in [4.69, 9.17) is 0 Å². The third kappa shape index (κ3) is 4.29. The van der Waals surface area contributed by atoms with Gasteiger partial charge in [-0.1, -0.05) is 35.8 Å². The zero-order valence-corrected chi connectivity index (χ0v) is 13.7. The molecule has 1 aromatic carbocycles. The van der Waals surface area contributed by atoms with Gasteiger partial charge in [-0.25, -0.2) is 0 Å². The fraction of sp³-hybridized carbons (Fsp3) is 0.600. The molecule has 0 amide bonds. The molecule has 0 spiro atoms. The predicted molar refractivity (Wildman–Crippen MR) is 84.3 cm³/mol. The first kappa shape index (κ1) is 15.5. The Balaban J connectivity index is 2.77. The normalized spacial score (nSPS) is 12.8. The van der Waals surface area contributed by atoms with Gasteiger partial charge < -0.3 is 10.2 Å². The Morgan fingerprint density at radius 3 is 2.44 bits per heavy atom. The number of nitrogens with zero attached hydrogens (tertiary/aromatic N) is 1. The van der Waals surface area contributed by atoms with Crippen molar-refractivity contribution in [3.8, 4) is 0 Å². The summed E-state index contributed by atoms with van der Waals surface area (Å²) in [6.45, 7) is 7.80. The molecule has 2 nitrogen and oxygen atoms in total. The highest BCUT2D eigenvalue weighted by Gasteiger charge is 2.09. The molecule has 0 radical (unpaired) electrons. The third-order valence-electron chi connectivity index (χ3n) is 3.37. The molecular formula is C15H25BrN2. The third-order valence-corrected chi connectivity index (χ3v) is 4.05. The van der Waals surface area contributed by atoms with Gasteiger partial charge >= 0.3 is 0 Å². The van der Waals surface area contributed by atoms with Crippen molar-refractivity contribution in [3.63, 3.8) is 0 Å². The Bertz CT molecular complexity index is 377. The van der Waals surface area contributed by atoms with Crippen molar-refractivity contribution in [1.29, 1.82) is 0 Å². The highest BCUT2D eigenvalue weighted by Crippen LogP contribution is 2.28. The fourth-order valence-corrected chi connectivity index (χ4v) is 2.55. The van der Waals surface area contributed by atoms with Crippen molar-refractivity contribution >= 4 is 21.6 Å². The predicted octanol–water partition coefficient (Wildman–Crippen LogP) is 4.21. The summed E-state index contributed by atoms with van der Waals surface area (Å²) in [5.74, 6) is 0.750. The lowest BCUT2D eigenvalue weighted by molar-refractivity contribution is 0.585. The number of nitrogens with one attached hydrogen (secondary N) is 1. The van der Waals surface area contributed by atoms with Crippen molar-refractivity contribution in [2.24, 2.45) is 5.92 Å². The molecule has 0 saturated carbocycles. The Hall–Kier alpha value is -0.540. The summed E-state index contributed by atoms with van der Waals surface area (Å²) >= 11 is 3.67. The number of hydrogen-bond donors (Lipinski definition) is 1. The molecule has 0 bridgehead atoms. The topological polar surface area (TPSA) is 15.3 Å². The van der Waals surface area contributed by atoms with Crippen molar-refractivity contribution in [3.05, 3.63) is 28.2 Å². The van der Waals surface area contributed by atoms with Crippen LogP contribution in [0.25, 0.3) is 0 Å². The molecule has 0 saturated heterocycles. The summed E-state index contributed by atoms with van der Waals surface area (Å²) in [7, 11) is 4.14. The first-order valence-corrected chi connectivity index (χ1v) is 7.42. The minimum absolute atomic E-state index is 0.370. The molecule has 3 heteroatoms. The molecule has 1 N–H and O–H groups in total. The Labute approximate surface area is 120 Å². The van der Waals surface area contributed by atoms with Crippen LogP contribution in [0.15, 0.2) is 22.7 Å². The molecule has 102 valence electrons. The number of anilines is 1. The van der Waals surface area contributed by atoms with Crippen LogP contribution in [0.5, 0.6) is 0 Å². The lowest BCUT2D eigenvalue weighted by atomic mass is 10.1. The van der Waals surface area contributed by atoms with Crippen LogP contribution in [0.2, 0.25) is 0 Å². The average molecular weight is 313 g/mol. The maximum atomic E-state index is 3.67. The van der Waals surface area contributed by atoms with Crippen LogP contribution in [-0.4, -0.2) is 20.6 Å². The van der Waals surface area contributed by atoms with E-state index in [2.05, 4.69) is 72.2 Å². The van der Waals surface area contributed by atoms with Crippen LogP contribution in [0.3, 0.4) is 0 Å². The van der Waals surface area contributed by atoms with E-state index in [-0.39, 0.29) is 0 Å². The SMILES string of the molecule is CNC(C)c1ccc(N(C)CCC(C)C)cc1Br. The second-order valence-electron chi connectivity index (χ2n) is 5.32. The number of rotatable bonds is 6. The molecule has 1 unspecified atom stereocenters. The minimum Gasteiger partial charge on any atom is -0.375 e. The molecule has 0 aliphatic rings. The lowest BCUT2D eigenvalue weighted by Gasteiger charge is -2.22. The maximum Gasteiger partial charge on any atom is 0.0375 e. The smallest absolute Gasteiger partial charge is 0.0375 e. The fourth-order valence-electron chi connectivity index (χ4n) is 1.84. The summed E-state index contributed by atoms with van der Waals surface area (Å²) in [5.41, 5.74) is 2.58. The molecule has 1 aromatic rings. The standard InChI is InChI=1S/C15H25BrN2/c1-11(2)8-9-18(5)13-6-7-14(12(3)17-4)15(16)10-13/h6-7,10-12,17H,8-9H2,1-5H3. The van der Waals surface area contributed by atoms with E-state index < -0.39 is 0 Å². The lowest BCUT2D eigenvalue weighted by Crippen LogP contribution is -2.20. The highest BCUT2D eigenvalue weighted by molar-refractivity contribution is 9.10. The van der Waals surface area contributed by atoms with E-state index in [1.54, 1.807) is 0 Å². The van der Waals surface area contributed by atoms with Crippen molar-refractivity contribution in [1.82, 2.24) is 5.32 Å². The summed E-state index contributed by atoms with van der Waals surface area (Å²) < 4.78 is 1.18. The zero-order valence-electron chi connectivity index (χ0n) is 12.1. The van der Waals surface area contributed by atoms with Gasteiger partial charge in [-0.15, -0.1) is 0 Å². The quantitative estimate of drug-likeness (QED) is 0.846. The van der Waals surface area contributed by atoms with Crippen LogP contribution in [-0.2, 0) is 0 Å². The van der Waals surface area contributed by atoms with Crippen molar-refractivity contribution in [2.75, 3.05) is 25.5 Å². The number of benzene rings is 1.